The van der Waals surface area contributed by atoms with Gasteiger partial charge < -0.3 is 5.11 Å². The van der Waals surface area contributed by atoms with Gasteiger partial charge in [0.2, 0.25) is 0 Å². The smallest absolute Gasteiger partial charge is 0.252 e. The second-order valence-electron chi connectivity index (χ2n) is 16.0. The van der Waals surface area contributed by atoms with E-state index >= 15 is 0 Å². The Morgan fingerprint density at radius 1 is 0.974 bits per heavy atom. The van der Waals surface area contributed by atoms with Crippen LogP contribution < -0.4 is 0 Å². The number of hydrogen-bond acceptors (Lipinski definition) is 4. The van der Waals surface area contributed by atoms with E-state index in [1.165, 1.54) is 5.57 Å². The highest BCUT2D eigenvalue weighted by Gasteiger charge is 2.70. The van der Waals surface area contributed by atoms with Gasteiger partial charge in [-0.15, -0.1) is 0 Å². The minimum Gasteiger partial charge on any atom is -0.393 e. The van der Waals surface area contributed by atoms with E-state index in [9.17, 15) is 14.7 Å². The maximum atomic E-state index is 14.5. The van der Waals surface area contributed by atoms with Gasteiger partial charge in [-0.05, 0) is 117 Å². The molecule has 5 nitrogen and oxygen atoms in total. The van der Waals surface area contributed by atoms with Crippen molar-refractivity contribution in [2.24, 2.45) is 50.2 Å². The van der Waals surface area contributed by atoms with E-state index in [1.807, 2.05) is 13.8 Å². The SMILES string of the molecule is CCON(CC)C(=O)[C@@]1(C)CC[C@]2(C)CC[C@]3(C)C(=CC(=O)[C@@H]4[C@@]5(C)CC[C@H](O)C(C)(C)C5CC[C@]43C)[C@@H]2C1. The van der Waals surface area contributed by atoms with Gasteiger partial charge in [0.15, 0.2) is 5.78 Å². The van der Waals surface area contributed by atoms with Crippen LogP contribution in [0.5, 0.6) is 0 Å². The maximum Gasteiger partial charge on any atom is 0.252 e. The fourth-order valence-corrected chi connectivity index (χ4v) is 11.1. The van der Waals surface area contributed by atoms with Crippen LogP contribution in [0.1, 0.15) is 120 Å². The van der Waals surface area contributed by atoms with Crippen LogP contribution in [0.3, 0.4) is 0 Å². The zero-order valence-electron chi connectivity index (χ0n) is 26.3. The molecule has 1 N–H and O–H groups in total. The van der Waals surface area contributed by atoms with E-state index in [0.717, 1.165) is 57.8 Å². The summed E-state index contributed by atoms with van der Waals surface area (Å²) < 4.78 is 0. The molecule has 5 rings (SSSR count). The molecule has 5 aliphatic rings. The number of allylic oxidation sites excluding steroid dienone is 2. The van der Waals surface area contributed by atoms with Crippen molar-refractivity contribution in [1.82, 2.24) is 5.06 Å². The van der Waals surface area contributed by atoms with Crippen molar-refractivity contribution in [2.45, 2.75) is 126 Å². The van der Waals surface area contributed by atoms with Crippen molar-refractivity contribution in [3.63, 3.8) is 0 Å². The highest BCUT2D eigenvalue weighted by Crippen LogP contribution is 2.75. The monoisotopic (exact) mass is 541 g/mol. The Morgan fingerprint density at radius 3 is 2.28 bits per heavy atom. The summed E-state index contributed by atoms with van der Waals surface area (Å²) in [4.78, 5) is 34.0. The first-order chi connectivity index (χ1) is 18.0. The van der Waals surface area contributed by atoms with Crippen LogP contribution in [-0.2, 0) is 14.4 Å². The number of ketones is 1. The minimum atomic E-state index is -0.484. The molecule has 0 bridgehead atoms. The molecule has 0 aromatic rings. The molecule has 220 valence electrons. The molecule has 0 spiro atoms. The third-order valence-electron chi connectivity index (χ3n) is 13.9. The van der Waals surface area contributed by atoms with Gasteiger partial charge >= 0.3 is 0 Å². The minimum absolute atomic E-state index is 0.0150. The van der Waals surface area contributed by atoms with Crippen LogP contribution in [0.2, 0.25) is 0 Å². The number of rotatable bonds is 4. The molecule has 1 amide bonds. The predicted octanol–water partition coefficient (Wildman–Crippen LogP) is 7.13. The molecule has 0 radical (unpaired) electrons. The average molecular weight is 542 g/mol. The molecule has 0 aromatic heterocycles. The van der Waals surface area contributed by atoms with Gasteiger partial charge in [-0.2, -0.15) is 0 Å². The van der Waals surface area contributed by atoms with Gasteiger partial charge in [0.05, 0.1) is 12.7 Å². The highest BCUT2D eigenvalue weighted by atomic mass is 16.7. The van der Waals surface area contributed by atoms with Crippen LogP contribution in [0, 0.1) is 50.2 Å². The van der Waals surface area contributed by atoms with Gasteiger partial charge in [-0.3, -0.25) is 14.4 Å². The normalized spacial score (nSPS) is 48.7. The number of nitrogens with zero attached hydrogens (tertiary/aromatic N) is 1. The van der Waals surface area contributed by atoms with Crippen molar-refractivity contribution >= 4 is 11.7 Å². The second kappa shape index (κ2) is 9.15. The van der Waals surface area contributed by atoms with Crippen LogP contribution in [0.4, 0.5) is 0 Å². The maximum absolute atomic E-state index is 14.5. The first-order valence-electron chi connectivity index (χ1n) is 15.9. The number of aliphatic hydroxyl groups is 1. The number of carbonyl (C=O) groups excluding carboxylic acids is 2. The van der Waals surface area contributed by atoms with E-state index in [2.05, 4.69) is 54.5 Å². The topological polar surface area (TPSA) is 66.8 Å². The van der Waals surface area contributed by atoms with Gasteiger partial charge in [-0.25, -0.2) is 5.06 Å². The summed E-state index contributed by atoms with van der Waals surface area (Å²) in [5.74, 6) is 0.980. The Labute approximate surface area is 237 Å². The summed E-state index contributed by atoms with van der Waals surface area (Å²) in [6.45, 7) is 21.3. The van der Waals surface area contributed by atoms with Crippen molar-refractivity contribution < 1.29 is 19.5 Å². The van der Waals surface area contributed by atoms with Crippen molar-refractivity contribution in [3.8, 4) is 0 Å². The zero-order chi connectivity index (χ0) is 28.8. The molecule has 5 heteroatoms. The molecule has 39 heavy (non-hydrogen) atoms. The summed E-state index contributed by atoms with van der Waals surface area (Å²) in [5.41, 5.74) is 0.525. The lowest BCUT2D eigenvalue weighted by molar-refractivity contribution is -0.206. The quantitative estimate of drug-likeness (QED) is 0.385. The van der Waals surface area contributed by atoms with E-state index in [4.69, 9.17) is 4.84 Å². The Morgan fingerprint density at radius 2 is 1.64 bits per heavy atom. The molecular formula is C34H55NO4. The van der Waals surface area contributed by atoms with Crippen LogP contribution >= 0.6 is 0 Å². The number of fused-ring (bicyclic) bond motifs is 7. The van der Waals surface area contributed by atoms with Gasteiger partial charge in [0.1, 0.15) is 0 Å². The van der Waals surface area contributed by atoms with Crippen LogP contribution in [0.15, 0.2) is 11.6 Å². The molecule has 0 heterocycles. The molecule has 1 unspecified atom stereocenters. The Balaban J connectivity index is 1.56. The molecular weight excluding hydrogens is 486 g/mol. The lowest BCUT2D eigenvalue weighted by Crippen LogP contribution is -2.66. The van der Waals surface area contributed by atoms with Crippen molar-refractivity contribution in [2.75, 3.05) is 13.2 Å². The number of amides is 1. The Bertz CT molecular complexity index is 1070. The number of aliphatic hydroxyl groups excluding tert-OH is 1. The summed E-state index contributed by atoms with van der Waals surface area (Å²) in [5, 5.41) is 12.5. The van der Waals surface area contributed by atoms with E-state index in [1.54, 1.807) is 5.06 Å². The van der Waals surface area contributed by atoms with E-state index in [-0.39, 0.29) is 50.9 Å². The number of hydroxylamine groups is 2. The molecule has 0 aliphatic heterocycles. The van der Waals surface area contributed by atoms with Crippen molar-refractivity contribution in [1.29, 1.82) is 0 Å². The first kappa shape index (κ1) is 29.3. The van der Waals surface area contributed by atoms with Gasteiger partial charge in [0.25, 0.3) is 5.91 Å². The van der Waals surface area contributed by atoms with E-state index < -0.39 is 5.41 Å². The second-order valence-corrected chi connectivity index (χ2v) is 16.0. The van der Waals surface area contributed by atoms with Gasteiger partial charge in [0, 0.05) is 17.9 Å². The molecule has 5 aliphatic carbocycles. The summed E-state index contributed by atoms with van der Waals surface area (Å²) in [7, 11) is 0. The molecule has 9 atom stereocenters. The third-order valence-corrected chi connectivity index (χ3v) is 13.9. The third kappa shape index (κ3) is 3.84. The summed E-state index contributed by atoms with van der Waals surface area (Å²) in [6.07, 6.45) is 10.5. The molecule has 0 saturated heterocycles. The van der Waals surface area contributed by atoms with Gasteiger partial charge in [-0.1, -0.05) is 54.0 Å². The fourth-order valence-electron chi connectivity index (χ4n) is 11.1. The Kier molecular flexibility index (Phi) is 6.87. The lowest BCUT2D eigenvalue weighted by Gasteiger charge is -2.70. The van der Waals surface area contributed by atoms with Crippen LogP contribution in [0.25, 0.3) is 0 Å². The number of carbonyl (C=O) groups is 2. The lowest BCUT2D eigenvalue weighted by atomic mass is 9.33. The largest absolute Gasteiger partial charge is 0.393 e. The number of hydrogen-bond donors (Lipinski definition) is 1. The van der Waals surface area contributed by atoms with E-state index in [0.29, 0.717) is 24.9 Å². The molecule has 4 fully saturated rings. The average Bonchev–Trinajstić information content (AvgIpc) is 2.87. The standard InChI is InChI=1S/C34H55NO4/c1-10-35(39-11-2)28(38)31(6)17-16-30(5)18-19-33(8)22(23(30)21-31)20-24(36)27-32(7)14-13-26(37)29(3,4)25(32)12-15-34(27,33)9/h20,23,25-27,37H,10-19,21H2,1-9H3/t23-,25?,26-,27+,30+,31-,32-,33+,34+/m0/s1. The molecule has 4 saturated carbocycles. The summed E-state index contributed by atoms with van der Waals surface area (Å²) >= 11 is 0. The van der Waals surface area contributed by atoms with Crippen molar-refractivity contribution in [3.05, 3.63) is 11.6 Å². The molecule has 0 aromatic carbocycles. The predicted molar refractivity (Wildman–Crippen MR) is 154 cm³/mol. The summed E-state index contributed by atoms with van der Waals surface area (Å²) in [6, 6.07) is 0. The first-order valence-corrected chi connectivity index (χ1v) is 15.9. The fraction of sp³-hybridized carbons (Fsp3) is 0.882. The zero-order valence-corrected chi connectivity index (χ0v) is 26.3. The highest BCUT2D eigenvalue weighted by molar-refractivity contribution is 5.95. The Hall–Kier alpha value is -1.20. The van der Waals surface area contributed by atoms with Crippen LogP contribution in [-0.4, -0.2) is 41.1 Å².